The number of urea groups is 1. The van der Waals surface area contributed by atoms with Crippen LogP contribution >= 0.6 is 0 Å². The summed E-state index contributed by atoms with van der Waals surface area (Å²) in [6.45, 7) is 6.89. The molecule has 112 valence electrons. The van der Waals surface area contributed by atoms with Crippen LogP contribution in [0.1, 0.15) is 38.7 Å². The standard InChI is InChI=1S/C16H26N2O2/c1-12(2)15(14-7-5-4-6-8-14)11-17-16(20)18-13(3)9-10-19/h4-8,12-13,15,19H,9-11H2,1-3H3,(H2,17,18,20)/t13-,15?/m1/s1. The minimum Gasteiger partial charge on any atom is -0.396 e. The van der Waals surface area contributed by atoms with E-state index in [0.717, 1.165) is 0 Å². The van der Waals surface area contributed by atoms with Gasteiger partial charge in [0.15, 0.2) is 0 Å². The van der Waals surface area contributed by atoms with Gasteiger partial charge in [-0.05, 0) is 24.8 Å². The molecule has 4 nitrogen and oxygen atoms in total. The lowest BCUT2D eigenvalue weighted by Gasteiger charge is -2.22. The van der Waals surface area contributed by atoms with E-state index in [-0.39, 0.29) is 18.7 Å². The molecule has 20 heavy (non-hydrogen) atoms. The summed E-state index contributed by atoms with van der Waals surface area (Å²) in [4.78, 5) is 11.8. The maximum absolute atomic E-state index is 11.8. The fourth-order valence-corrected chi connectivity index (χ4v) is 2.18. The van der Waals surface area contributed by atoms with Crippen LogP contribution in [-0.4, -0.2) is 30.3 Å². The number of amides is 2. The van der Waals surface area contributed by atoms with E-state index in [2.05, 4.69) is 36.6 Å². The van der Waals surface area contributed by atoms with E-state index in [9.17, 15) is 4.79 Å². The van der Waals surface area contributed by atoms with E-state index in [4.69, 9.17) is 5.11 Å². The molecule has 0 saturated carbocycles. The Bertz CT molecular complexity index is 393. The van der Waals surface area contributed by atoms with E-state index in [1.54, 1.807) is 0 Å². The number of aliphatic hydroxyl groups is 1. The minimum absolute atomic E-state index is 0.0192. The van der Waals surface area contributed by atoms with E-state index in [1.165, 1.54) is 5.56 Å². The average Bonchev–Trinajstić information content (AvgIpc) is 2.40. The second-order valence-corrected chi connectivity index (χ2v) is 5.53. The molecule has 2 amide bonds. The molecular weight excluding hydrogens is 252 g/mol. The predicted octanol–water partition coefficient (Wildman–Crippen LogP) is 2.50. The van der Waals surface area contributed by atoms with Crippen molar-refractivity contribution < 1.29 is 9.90 Å². The van der Waals surface area contributed by atoms with Crippen molar-refractivity contribution in [2.24, 2.45) is 5.92 Å². The third kappa shape index (κ3) is 5.61. The molecular formula is C16H26N2O2. The van der Waals surface area contributed by atoms with Crippen LogP contribution < -0.4 is 10.6 Å². The van der Waals surface area contributed by atoms with E-state index in [1.807, 2.05) is 25.1 Å². The summed E-state index contributed by atoms with van der Waals surface area (Å²) in [5.74, 6) is 0.752. The zero-order chi connectivity index (χ0) is 15.0. The van der Waals surface area contributed by atoms with Gasteiger partial charge in [0.05, 0.1) is 0 Å². The predicted molar refractivity (Wildman–Crippen MR) is 81.7 cm³/mol. The van der Waals surface area contributed by atoms with Crippen molar-refractivity contribution in [3.05, 3.63) is 35.9 Å². The summed E-state index contributed by atoms with van der Waals surface area (Å²) in [7, 11) is 0. The summed E-state index contributed by atoms with van der Waals surface area (Å²) in [5, 5.41) is 14.6. The Kier molecular flexibility index (Phi) is 7.09. The topological polar surface area (TPSA) is 61.4 Å². The SMILES string of the molecule is CC(C)C(CNC(=O)N[C@H](C)CCO)c1ccccc1. The lowest BCUT2D eigenvalue weighted by atomic mass is 9.88. The van der Waals surface area contributed by atoms with Gasteiger partial charge in [0, 0.05) is 25.1 Å². The fourth-order valence-electron chi connectivity index (χ4n) is 2.18. The minimum atomic E-state index is -0.174. The second-order valence-electron chi connectivity index (χ2n) is 5.53. The van der Waals surface area contributed by atoms with Gasteiger partial charge >= 0.3 is 6.03 Å². The van der Waals surface area contributed by atoms with Gasteiger partial charge in [-0.2, -0.15) is 0 Å². The van der Waals surface area contributed by atoms with Crippen molar-refractivity contribution in [2.75, 3.05) is 13.2 Å². The van der Waals surface area contributed by atoms with Crippen LogP contribution in [-0.2, 0) is 0 Å². The maximum atomic E-state index is 11.8. The molecule has 1 aromatic rings. The molecule has 0 aliphatic heterocycles. The Morgan fingerprint density at radius 1 is 1.20 bits per heavy atom. The fraction of sp³-hybridized carbons (Fsp3) is 0.562. The van der Waals surface area contributed by atoms with Gasteiger partial charge in [0.25, 0.3) is 0 Å². The Labute approximate surface area is 121 Å². The molecule has 0 bridgehead atoms. The van der Waals surface area contributed by atoms with Gasteiger partial charge in [-0.15, -0.1) is 0 Å². The normalized spacial score (nSPS) is 13.8. The number of hydrogen-bond donors (Lipinski definition) is 3. The molecule has 2 atom stereocenters. The Balaban J connectivity index is 2.50. The van der Waals surface area contributed by atoms with Gasteiger partial charge in [-0.3, -0.25) is 0 Å². The third-order valence-electron chi connectivity index (χ3n) is 3.45. The van der Waals surface area contributed by atoms with Gasteiger partial charge in [-0.25, -0.2) is 4.79 Å². The summed E-state index contributed by atoms with van der Waals surface area (Å²) < 4.78 is 0. The van der Waals surface area contributed by atoms with Crippen LogP contribution in [0.3, 0.4) is 0 Å². The van der Waals surface area contributed by atoms with Crippen molar-refractivity contribution in [3.63, 3.8) is 0 Å². The second kappa shape index (κ2) is 8.59. The Morgan fingerprint density at radius 3 is 2.40 bits per heavy atom. The van der Waals surface area contributed by atoms with Crippen molar-refractivity contribution in [1.29, 1.82) is 0 Å². The highest BCUT2D eigenvalue weighted by Crippen LogP contribution is 2.23. The molecule has 4 heteroatoms. The van der Waals surface area contributed by atoms with Crippen molar-refractivity contribution >= 4 is 6.03 Å². The summed E-state index contributed by atoms with van der Waals surface area (Å²) in [5.41, 5.74) is 1.24. The first-order valence-corrected chi connectivity index (χ1v) is 7.24. The largest absolute Gasteiger partial charge is 0.396 e. The van der Waals surface area contributed by atoms with E-state index in [0.29, 0.717) is 24.8 Å². The summed E-state index contributed by atoms with van der Waals surface area (Å²) in [6.07, 6.45) is 0.569. The van der Waals surface area contributed by atoms with E-state index >= 15 is 0 Å². The first-order chi connectivity index (χ1) is 9.54. The van der Waals surface area contributed by atoms with Gasteiger partial charge in [-0.1, -0.05) is 44.2 Å². The van der Waals surface area contributed by atoms with Crippen LogP contribution in [0.4, 0.5) is 4.79 Å². The molecule has 3 N–H and O–H groups in total. The molecule has 0 radical (unpaired) electrons. The van der Waals surface area contributed by atoms with Crippen molar-refractivity contribution in [3.8, 4) is 0 Å². The number of nitrogens with one attached hydrogen (secondary N) is 2. The third-order valence-corrected chi connectivity index (χ3v) is 3.45. The average molecular weight is 278 g/mol. The number of aliphatic hydroxyl groups excluding tert-OH is 1. The number of carbonyl (C=O) groups excluding carboxylic acids is 1. The van der Waals surface area contributed by atoms with E-state index < -0.39 is 0 Å². The number of benzene rings is 1. The smallest absolute Gasteiger partial charge is 0.315 e. The molecule has 0 aliphatic rings. The van der Waals surface area contributed by atoms with Crippen LogP contribution in [0.15, 0.2) is 30.3 Å². The summed E-state index contributed by atoms with van der Waals surface area (Å²) >= 11 is 0. The number of rotatable bonds is 7. The molecule has 0 saturated heterocycles. The lowest BCUT2D eigenvalue weighted by molar-refractivity contribution is 0.229. The lowest BCUT2D eigenvalue weighted by Crippen LogP contribution is -2.43. The molecule has 0 aliphatic carbocycles. The molecule has 0 spiro atoms. The molecule has 1 rings (SSSR count). The highest BCUT2D eigenvalue weighted by atomic mass is 16.3. The Hall–Kier alpha value is -1.55. The van der Waals surface area contributed by atoms with Crippen LogP contribution in [0.5, 0.6) is 0 Å². The zero-order valence-electron chi connectivity index (χ0n) is 12.6. The maximum Gasteiger partial charge on any atom is 0.315 e. The van der Waals surface area contributed by atoms with Crippen molar-refractivity contribution in [1.82, 2.24) is 10.6 Å². The quantitative estimate of drug-likeness (QED) is 0.717. The van der Waals surface area contributed by atoms with Crippen molar-refractivity contribution in [2.45, 2.75) is 39.2 Å². The van der Waals surface area contributed by atoms with Crippen LogP contribution in [0, 0.1) is 5.92 Å². The number of hydrogen-bond acceptors (Lipinski definition) is 2. The summed E-state index contributed by atoms with van der Waals surface area (Å²) in [6, 6.07) is 10.0. The first kappa shape index (κ1) is 16.5. The van der Waals surface area contributed by atoms with Crippen LogP contribution in [0.2, 0.25) is 0 Å². The highest BCUT2D eigenvalue weighted by Gasteiger charge is 2.17. The van der Waals surface area contributed by atoms with Gasteiger partial charge in [0.1, 0.15) is 0 Å². The highest BCUT2D eigenvalue weighted by molar-refractivity contribution is 5.74. The molecule has 1 aromatic carbocycles. The monoisotopic (exact) mass is 278 g/mol. The van der Waals surface area contributed by atoms with Gasteiger partial charge < -0.3 is 15.7 Å². The van der Waals surface area contributed by atoms with Crippen LogP contribution in [0.25, 0.3) is 0 Å². The number of carbonyl (C=O) groups is 1. The molecule has 1 unspecified atom stereocenters. The zero-order valence-corrected chi connectivity index (χ0v) is 12.6. The first-order valence-electron chi connectivity index (χ1n) is 7.24. The molecule has 0 fully saturated rings. The molecule has 0 aromatic heterocycles. The molecule has 0 heterocycles. The Morgan fingerprint density at radius 2 is 1.85 bits per heavy atom. The van der Waals surface area contributed by atoms with Gasteiger partial charge in [0.2, 0.25) is 0 Å².